The van der Waals surface area contributed by atoms with Crippen LogP contribution in [0.5, 0.6) is 0 Å². The summed E-state index contributed by atoms with van der Waals surface area (Å²) in [5.41, 5.74) is 1.19. The van der Waals surface area contributed by atoms with Gasteiger partial charge in [0.25, 0.3) is 0 Å². The summed E-state index contributed by atoms with van der Waals surface area (Å²) in [7, 11) is 0. The molecule has 0 atom stereocenters. The fourth-order valence-electron chi connectivity index (χ4n) is 2.45. The highest BCUT2D eigenvalue weighted by molar-refractivity contribution is 9.11. The fraction of sp³-hybridized carbons (Fsp3) is 0.571. The van der Waals surface area contributed by atoms with Gasteiger partial charge < -0.3 is 10.2 Å². The Hall–Kier alpha value is -0.0600. The summed E-state index contributed by atoms with van der Waals surface area (Å²) >= 11 is 7.12. The Morgan fingerprint density at radius 2 is 2.00 bits per heavy atom. The van der Waals surface area contributed by atoms with Gasteiger partial charge in [0, 0.05) is 33.8 Å². The van der Waals surface area contributed by atoms with Crippen molar-refractivity contribution in [1.82, 2.24) is 4.90 Å². The topological polar surface area (TPSA) is 15.3 Å². The number of halogens is 2. The Kier molecular flexibility index (Phi) is 5.52. The third-order valence-electron chi connectivity index (χ3n) is 3.42. The van der Waals surface area contributed by atoms with Gasteiger partial charge in [-0.2, -0.15) is 0 Å². The van der Waals surface area contributed by atoms with Gasteiger partial charge in [0.15, 0.2) is 0 Å². The molecule has 1 fully saturated rings. The molecular formula is C14H20Br2N2. The zero-order chi connectivity index (χ0) is 13.0. The van der Waals surface area contributed by atoms with Gasteiger partial charge in [0.2, 0.25) is 0 Å². The van der Waals surface area contributed by atoms with Gasteiger partial charge >= 0.3 is 0 Å². The molecule has 0 spiro atoms. The van der Waals surface area contributed by atoms with Crippen LogP contribution in [0.3, 0.4) is 0 Å². The molecule has 0 unspecified atom stereocenters. The zero-order valence-corrected chi connectivity index (χ0v) is 13.9. The van der Waals surface area contributed by atoms with Crippen molar-refractivity contribution in [2.24, 2.45) is 0 Å². The lowest BCUT2D eigenvalue weighted by Crippen LogP contribution is -2.39. The largest absolute Gasteiger partial charge is 0.381 e. The number of anilines is 1. The van der Waals surface area contributed by atoms with Crippen LogP contribution in [0.2, 0.25) is 0 Å². The first-order valence-electron chi connectivity index (χ1n) is 6.63. The van der Waals surface area contributed by atoms with Crippen LogP contribution in [0.4, 0.5) is 5.69 Å². The van der Waals surface area contributed by atoms with E-state index >= 15 is 0 Å². The Labute approximate surface area is 126 Å². The quantitative estimate of drug-likeness (QED) is 0.833. The highest BCUT2D eigenvalue weighted by Crippen LogP contribution is 2.28. The van der Waals surface area contributed by atoms with Gasteiger partial charge in [0.1, 0.15) is 0 Å². The van der Waals surface area contributed by atoms with Crippen molar-refractivity contribution < 1.29 is 0 Å². The summed E-state index contributed by atoms with van der Waals surface area (Å²) in [6.07, 6.45) is 3.73. The molecule has 1 N–H and O–H groups in total. The smallest absolute Gasteiger partial charge is 0.0498 e. The molecule has 1 aromatic rings. The van der Waals surface area contributed by atoms with Crippen LogP contribution < -0.4 is 5.32 Å². The number of rotatable bonds is 4. The van der Waals surface area contributed by atoms with Crippen molar-refractivity contribution in [2.75, 3.05) is 25.0 Å². The molecule has 0 amide bonds. The zero-order valence-electron chi connectivity index (χ0n) is 10.8. The molecule has 2 rings (SSSR count). The minimum atomic E-state index is 0.601. The highest BCUT2D eigenvalue weighted by Gasteiger charge is 2.18. The first kappa shape index (κ1) is 14.4. The summed E-state index contributed by atoms with van der Waals surface area (Å²) in [5, 5.41) is 3.65. The van der Waals surface area contributed by atoms with E-state index in [-0.39, 0.29) is 0 Å². The molecule has 1 aliphatic heterocycles. The Morgan fingerprint density at radius 1 is 1.28 bits per heavy atom. The summed E-state index contributed by atoms with van der Waals surface area (Å²) in [6, 6.07) is 6.88. The molecule has 100 valence electrons. The van der Waals surface area contributed by atoms with E-state index in [1.807, 2.05) is 0 Å². The second kappa shape index (κ2) is 6.92. The number of hydrogen-bond donors (Lipinski definition) is 1. The summed E-state index contributed by atoms with van der Waals surface area (Å²) in [5.74, 6) is 0. The fourth-order valence-corrected chi connectivity index (χ4v) is 3.17. The van der Waals surface area contributed by atoms with Gasteiger partial charge in [0.05, 0.1) is 0 Å². The van der Waals surface area contributed by atoms with Crippen molar-refractivity contribution in [3.63, 3.8) is 0 Å². The highest BCUT2D eigenvalue weighted by atomic mass is 79.9. The third kappa shape index (κ3) is 3.97. The lowest BCUT2D eigenvalue weighted by molar-refractivity contribution is 0.219. The molecule has 0 aromatic heterocycles. The van der Waals surface area contributed by atoms with E-state index in [0.717, 1.165) is 8.95 Å². The molecule has 4 heteroatoms. The molecule has 1 heterocycles. The average molecular weight is 376 g/mol. The third-order valence-corrected chi connectivity index (χ3v) is 4.60. The number of benzene rings is 1. The summed E-state index contributed by atoms with van der Waals surface area (Å²) in [4.78, 5) is 2.56. The van der Waals surface area contributed by atoms with E-state index in [1.54, 1.807) is 0 Å². The Morgan fingerprint density at radius 3 is 2.67 bits per heavy atom. The van der Waals surface area contributed by atoms with Crippen LogP contribution in [-0.2, 0) is 0 Å². The maximum atomic E-state index is 3.65. The molecule has 0 radical (unpaired) electrons. The summed E-state index contributed by atoms with van der Waals surface area (Å²) in [6.45, 7) is 5.94. The predicted octanol–water partition coefficient (Wildman–Crippen LogP) is 4.50. The normalized spacial score (nSPS) is 17.9. The van der Waals surface area contributed by atoms with E-state index in [9.17, 15) is 0 Å². The van der Waals surface area contributed by atoms with Crippen molar-refractivity contribution in [3.05, 3.63) is 27.1 Å². The van der Waals surface area contributed by atoms with Crippen LogP contribution in [0.25, 0.3) is 0 Å². The van der Waals surface area contributed by atoms with Crippen LogP contribution in [0.1, 0.15) is 26.2 Å². The second-order valence-electron chi connectivity index (χ2n) is 4.88. The Balaban J connectivity index is 1.89. The van der Waals surface area contributed by atoms with E-state index < -0.39 is 0 Å². The molecule has 0 bridgehead atoms. The van der Waals surface area contributed by atoms with Gasteiger partial charge in [-0.05, 0) is 59.9 Å². The van der Waals surface area contributed by atoms with Gasteiger partial charge in [-0.25, -0.2) is 0 Å². The lowest BCUT2D eigenvalue weighted by Gasteiger charge is -2.32. The molecule has 1 aliphatic rings. The van der Waals surface area contributed by atoms with Gasteiger partial charge in [-0.1, -0.05) is 22.9 Å². The number of likely N-dealkylation sites (tertiary alicyclic amines) is 1. The second-order valence-corrected chi connectivity index (χ2v) is 6.65. The molecule has 18 heavy (non-hydrogen) atoms. The van der Waals surface area contributed by atoms with Crippen LogP contribution >= 0.6 is 31.9 Å². The minimum absolute atomic E-state index is 0.601. The van der Waals surface area contributed by atoms with E-state index in [2.05, 4.69) is 67.2 Å². The number of piperidine rings is 1. The molecule has 0 saturated carbocycles. The van der Waals surface area contributed by atoms with Gasteiger partial charge in [-0.15, -0.1) is 0 Å². The number of hydrogen-bond acceptors (Lipinski definition) is 2. The average Bonchev–Trinajstić information content (AvgIpc) is 2.37. The number of nitrogens with one attached hydrogen (secondary N) is 1. The maximum Gasteiger partial charge on any atom is 0.0498 e. The number of nitrogens with zero attached hydrogens (tertiary/aromatic N) is 1. The lowest BCUT2D eigenvalue weighted by atomic mass is 10.0. The van der Waals surface area contributed by atoms with Crippen molar-refractivity contribution in [2.45, 2.75) is 32.2 Å². The molecule has 0 aliphatic carbocycles. The SMILES string of the molecule is CCCN1CCC(Nc2cc(Br)ccc2Br)CC1. The van der Waals surface area contributed by atoms with Crippen molar-refractivity contribution >= 4 is 37.5 Å². The molecule has 1 saturated heterocycles. The van der Waals surface area contributed by atoms with E-state index in [1.165, 1.54) is 44.6 Å². The summed E-state index contributed by atoms with van der Waals surface area (Å²) < 4.78 is 2.26. The van der Waals surface area contributed by atoms with Crippen LogP contribution in [0, 0.1) is 0 Å². The molecule has 1 aromatic carbocycles. The minimum Gasteiger partial charge on any atom is -0.381 e. The van der Waals surface area contributed by atoms with Crippen molar-refractivity contribution in [3.8, 4) is 0 Å². The maximum absolute atomic E-state index is 3.65. The van der Waals surface area contributed by atoms with E-state index in [4.69, 9.17) is 0 Å². The van der Waals surface area contributed by atoms with Crippen molar-refractivity contribution in [1.29, 1.82) is 0 Å². The first-order valence-corrected chi connectivity index (χ1v) is 8.21. The Bertz CT molecular complexity index is 387. The predicted molar refractivity (Wildman–Crippen MR) is 85.2 cm³/mol. The molecular weight excluding hydrogens is 356 g/mol. The monoisotopic (exact) mass is 374 g/mol. The van der Waals surface area contributed by atoms with Crippen LogP contribution in [0.15, 0.2) is 27.1 Å². The van der Waals surface area contributed by atoms with Crippen LogP contribution in [-0.4, -0.2) is 30.6 Å². The van der Waals surface area contributed by atoms with E-state index in [0.29, 0.717) is 6.04 Å². The van der Waals surface area contributed by atoms with Gasteiger partial charge in [-0.3, -0.25) is 0 Å². The first-order chi connectivity index (χ1) is 8.69. The molecule has 2 nitrogen and oxygen atoms in total. The standard InChI is InChI=1S/C14H20Br2N2/c1-2-7-18-8-5-12(6-9-18)17-14-10-11(15)3-4-13(14)16/h3-4,10,12,17H,2,5-9H2,1H3.